The number of nitrogens with zero attached hydrogens (tertiary/aromatic N) is 3. The summed E-state index contributed by atoms with van der Waals surface area (Å²) in [5, 5.41) is 11.4. The molecule has 1 aromatic rings. The third-order valence-corrected chi connectivity index (χ3v) is 4.15. The second kappa shape index (κ2) is 7.72. The predicted octanol–water partition coefficient (Wildman–Crippen LogP) is 2.43. The van der Waals surface area contributed by atoms with E-state index < -0.39 is 12.5 Å². The first kappa shape index (κ1) is 17.7. The number of rotatable bonds is 7. The molecule has 0 saturated carbocycles. The van der Waals surface area contributed by atoms with Crippen molar-refractivity contribution in [2.75, 3.05) is 19.6 Å². The van der Waals surface area contributed by atoms with Crippen LogP contribution in [0, 0.1) is 11.8 Å². The molecule has 1 unspecified atom stereocenters. The van der Waals surface area contributed by atoms with E-state index >= 15 is 0 Å². The zero-order chi connectivity index (χ0) is 17.0. The summed E-state index contributed by atoms with van der Waals surface area (Å²) in [5.74, 6) is 0.406. The Balaban J connectivity index is 1.93. The minimum Gasteiger partial charge on any atom is -0.465 e. The normalized spacial score (nSPS) is 20.3. The molecule has 130 valence electrons. The first-order valence-electron chi connectivity index (χ1n) is 7.86. The average Bonchev–Trinajstić information content (AvgIpc) is 3.05. The van der Waals surface area contributed by atoms with Crippen molar-refractivity contribution >= 4 is 6.09 Å². The molecule has 0 radical (unpaired) electrons. The summed E-state index contributed by atoms with van der Waals surface area (Å²) in [7, 11) is 0. The molecule has 1 fully saturated rings. The Labute approximate surface area is 134 Å². The first-order valence-corrected chi connectivity index (χ1v) is 7.86. The standard InChI is InChI=1S/C15H24F2N4O2/c1-10(2)14(19-15(22)23)12-7-21(9-18-12)6-11-3-4-20(5-11)8-13(16)17/h7,9-11,13-14,19H,3-6,8H2,1-2H3,(H,22,23)/t11?,14-/m0/s1. The number of alkyl halides is 2. The largest absolute Gasteiger partial charge is 0.465 e. The number of hydrogen-bond donors (Lipinski definition) is 2. The number of imidazole rings is 1. The Morgan fingerprint density at radius 1 is 1.52 bits per heavy atom. The summed E-state index contributed by atoms with van der Waals surface area (Å²) in [6, 6.07) is -0.354. The fraction of sp³-hybridized carbons (Fsp3) is 0.733. The predicted molar refractivity (Wildman–Crippen MR) is 81.5 cm³/mol. The number of nitrogens with one attached hydrogen (secondary N) is 1. The molecule has 1 saturated heterocycles. The fourth-order valence-electron chi connectivity index (χ4n) is 3.07. The third kappa shape index (κ3) is 5.16. The summed E-state index contributed by atoms with van der Waals surface area (Å²) in [4.78, 5) is 17.0. The van der Waals surface area contributed by atoms with Gasteiger partial charge in [-0.05, 0) is 24.8 Å². The Morgan fingerprint density at radius 2 is 2.26 bits per heavy atom. The lowest BCUT2D eigenvalue weighted by Crippen LogP contribution is -2.30. The third-order valence-electron chi connectivity index (χ3n) is 4.15. The van der Waals surface area contributed by atoms with Crippen LogP contribution in [0.2, 0.25) is 0 Å². The average molecular weight is 330 g/mol. The molecule has 23 heavy (non-hydrogen) atoms. The molecule has 1 amide bonds. The van der Waals surface area contributed by atoms with Crippen LogP contribution in [0.3, 0.4) is 0 Å². The van der Waals surface area contributed by atoms with Crippen LogP contribution in [0.5, 0.6) is 0 Å². The van der Waals surface area contributed by atoms with Crippen molar-refractivity contribution in [3.8, 4) is 0 Å². The maximum Gasteiger partial charge on any atom is 0.405 e. The number of carbonyl (C=O) groups is 1. The van der Waals surface area contributed by atoms with E-state index in [1.807, 2.05) is 24.6 Å². The topological polar surface area (TPSA) is 70.4 Å². The second-order valence-corrected chi connectivity index (χ2v) is 6.47. The van der Waals surface area contributed by atoms with Crippen LogP contribution >= 0.6 is 0 Å². The van der Waals surface area contributed by atoms with Crippen LogP contribution < -0.4 is 5.32 Å². The minimum atomic E-state index is -2.29. The van der Waals surface area contributed by atoms with Gasteiger partial charge in [-0.15, -0.1) is 0 Å². The highest BCUT2D eigenvalue weighted by Crippen LogP contribution is 2.22. The quantitative estimate of drug-likeness (QED) is 0.805. The molecule has 1 aromatic heterocycles. The number of likely N-dealkylation sites (tertiary alicyclic amines) is 1. The van der Waals surface area contributed by atoms with Gasteiger partial charge in [-0.3, -0.25) is 4.90 Å². The van der Waals surface area contributed by atoms with E-state index in [2.05, 4.69) is 10.3 Å². The highest BCUT2D eigenvalue weighted by Gasteiger charge is 2.25. The van der Waals surface area contributed by atoms with Gasteiger partial charge in [0.2, 0.25) is 0 Å². The highest BCUT2D eigenvalue weighted by atomic mass is 19.3. The lowest BCUT2D eigenvalue weighted by atomic mass is 10.0. The van der Waals surface area contributed by atoms with E-state index in [0.29, 0.717) is 31.2 Å². The Morgan fingerprint density at radius 3 is 2.87 bits per heavy atom. The van der Waals surface area contributed by atoms with E-state index in [9.17, 15) is 13.6 Å². The Kier molecular flexibility index (Phi) is 5.92. The molecular formula is C15H24F2N4O2. The van der Waals surface area contributed by atoms with E-state index in [1.165, 1.54) is 0 Å². The van der Waals surface area contributed by atoms with Crippen LogP contribution in [-0.4, -0.2) is 51.7 Å². The van der Waals surface area contributed by atoms with Crippen molar-refractivity contribution < 1.29 is 18.7 Å². The van der Waals surface area contributed by atoms with Crippen LogP contribution in [0.1, 0.15) is 32.0 Å². The first-order chi connectivity index (χ1) is 10.8. The zero-order valence-corrected chi connectivity index (χ0v) is 13.5. The number of halogens is 2. The maximum atomic E-state index is 12.4. The Hall–Kier alpha value is -1.70. The zero-order valence-electron chi connectivity index (χ0n) is 13.5. The van der Waals surface area contributed by atoms with Crippen LogP contribution in [0.4, 0.5) is 13.6 Å². The number of amides is 1. The minimum absolute atomic E-state index is 0.0856. The molecule has 1 aliphatic rings. The van der Waals surface area contributed by atoms with Crippen molar-refractivity contribution in [1.82, 2.24) is 19.8 Å². The molecule has 0 aromatic carbocycles. The molecule has 2 heterocycles. The van der Waals surface area contributed by atoms with Gasteiger partial charge in [-0.25, -0.2) is 18.6 Å². The van der Waals surface area contributed by atoms with Crippen molar-refractivity contribution in [2.45, 2.75) is 39.3 Å². The van der Waals surface area contributed by atoms with E-state index in [4.69, 9.17) is 5.11 Å². The Bertz CT molecular complexity index is 521. The molecule has 8 heteroatoms. The molecule has 0 aliphatic carbocycles. The van der Waals surface area contributed by atoms with Gasteiger partial charge in [-0.1, -0.05) is 13.8 Å². The SMILES string of the molecule is CC(C)[C@H](NC(=O)O)c1cn(CC2CCN(CC(F)F)C2)cn1. The van der Waals surface area contributed by atoms with Gasteiger partial charge in [-0.2, -0.15) is 0 Å². The molecule has 6 nitrogen and oxygen atoms in total. The fourth-order valence-corrected chi connectivity index (χ4v) is 3.07. The number of aromatic nitrogens is 2. The van der Waals surface area contributed by atoms with E-state index in [1.54, 1.807) is 11.2 Å². The van der Waals surface area contributed by atoms with E-state index in [-0.39, 0.29) is 18.5 Å². The van der Waals surface area contributed by atoms with Crippen molar-refractivity contribution in [1.29, 1.82) is 0 Å². The van der Waals surface area contributed by atoms with Crippen molar-refractivity contribution in [3.05, 3.63) is 18.2 Å². The number of carboxylic acid groups (broad SMARTS) is 1. The van der Waals surface area contributed by atoms with Crippen LogP contribution in [0.15, 0.2) is 12.5 Å². The number of hydrogen-bond acceptors (Lipinski definition) is 3. The monoisotopic (exact) mass is 330 g/mol. The van der Waals surface area contributed by atoms with Gasteiger partial charge < -0.3 is 15.0 Å². The smallest absolute Gasteiger partial charge is 0.405 e. The van der Waals surface area contributed by atoms with Crippen LogP contribution in [0.25, 0.3) is 0 Å². The molecule has 0 spiro atoms. The van der Waals surface area contributed by atoms with Crippen LogP contribution in [-0.2, 0) is 6.54 Å². The van der Waals surface area contributed by atoms with E-state index in [0.717, 1.165) is 6.42 Å². The highest BCUT2D eigenvalue weighted by molar-refractivity contribution is 5.65. The van der Waals surface area contributed by atoms with Gasteiger partial charge >= 0.3 is 6.09 Å². The molecule has 0 bridgehead atoms. The van der Waals surface area contributed by atoms with Gasteiger partial charge in [0.15, 0.2) is 0 Å². The molecule has 1 aliphatic heterocycles. The molecular weight excluding hydrogens is 306 g/mol. The van der Waals surface area contributed by atoms with Gasteiger partial charge in [0.05, 0.1) is 24.6 Å². The van der Waals surface area contributed by atoms with Crippen molar-refractivity contribution in [3.63, 3.8) is 0 Å². The molecule has 2 N–H and O–H groups in total. The van der Waals surface area contributed by atoms with Crippen molar-refractivity contribution in [2.24, 2.45) is 11.8 Å². The molecule has 2 rings (SSSR count). The summed E-state index contributed by atoms with van der Waals surface area (Å²) in [6.45, 7) is 5.77. The summed E-state index contributed by atoms with van der Waals surface area (Å²) < 4.78 is 26.7. The summed E-state index contributed by atoms with van der Waals surface area (Å²) >= 11 is 0. The van der Waals surface area contributed by atoms with Gasteiger partial charge in [0.25, 0.3) is 6.43 Å². The van der Waals surface area contributed by atoms with Gasteiger partial charge in [0, 0.05) is 19.3 Å². The second-order valence-electron chi connectivity index (χ2n) is 6.47. The molecule has 2 atom stereocenters. The summed E-state index contributed by atoms with van der Waals surface area (Å²) in [6.07, 6.45) is 1.06. The van der Waals surface area contributed by atoms with Gasteiger partial charge in [0.1, 0.15) is 0 Å². The maximum absolute atomic E-state index is 12.4. The lowest BCUT2D eigenvalue weighted by molar-refractivity contribution is 0.0975. The lowest BCUT2D eigenvalue weighted by Gasteiger charge is -2.18. The summed E-state index contributed by atoms with van der Waals surface area (Å²) in [5.41, 5.74) is 0.685.